The summed E-state index contributed by atoms with van der Waals surface area (Å²) >= 11 is 0. The van der Waals surface area contributed by atoms with Crippen molar-refractivity contribution in [2.24, 2.45) is 5.92 Å². The summed E-state index contributed by atoms with van der Waals surface area (Å²) in [5, 5.41) is 2.87. The fraction of sp³-hybridized carbons (Fsp3) is 0.440. The lowest BCUT2D eigenvalue weighted by atomic mass is 10.1. The fourth-order valence-corrected chi connectivity index (χ4v) is 3.62. The van der Waals surface area contributed by atoms with E-state index in [-0.39, 0.29) is 18.4 Å². The van der Waals surface area contributed by atoms with Gasteiger partial charge in [-0.1, -0.05) is 32.9 Å². The first-order valence-electron chi connectivity index (χ1n) is 11.1. The fourth-order valence-electron chi connectivity index (χ4n) is 3.62. The van der Waals surface area contributed by atoms with Crippen LogP contribution < -0.4 is 15.0 Å². The first-order valence-corrected chi connectivity index (χ1v) is 11.1. The number of aryl methyl sites for hydroxylation is 1. The molecule has 0 unspecified atom stereocenters. The van der Waals surface area contributed by atoms with Crippen LogP contribution in [0.25, 0.3) is 0 Å². The summed E-state index contributed by atoms with van der Waals surface area (Å²) in [4.78, 5) is 28.6. The minimum absolute atomic E-state index is 0.0282. The van der Waals surface area contributed by atoms with Gasteiger partial charge >= 0.3 is 0 Å². The highest BCUT2D eigenvalue weighted by atomic mass is 16.5. The molecular formula is C25H33N3O3. The summed E-state index contributed by atoms with van der Waals surface area (Å²) in [5.74, 6) is 1.13. The Morgan fingerprint density at radius 2 is 1.61 bits per heavy atom. The number of anilines is 2. The minimum Gasteiger partial charge on any atom is -0.484 e. The molecule has 0 radical (unpaired) electrons. The first kappa shape index (κ1) is 22.7. The van der Waals surface area contributed by atoms with Crippen molar-refractivity contribution in [2.45, 2.75) is 33.6 Å². The summed E-state index contributed by atoms with van der Waals surface area (Å²) in [6.45, 7) is 9.36. The van der Waals surface area contributed by atoms with Gasteiger partial charge in [-0.2, -0.15) is 0 Å². The molecule has 0 aromatic heterocycles. The predicted molar refractivity (Wildman–Crippen MR) is 125 cm³/mol. The van der Waals surface area contributed by atoms with E-state index in [1.165, 1.54) is 5.56 Å². The van der Waals surface area contributed by atoms with Crippen LogP contribution in [0.1, 0.15) is 32.8 Å². The van der Waals surface area contributed by atoms with Crippen LogP contribution in [0, 0.1) is 5.92 Å². The van der Waals surface area contributed by atoms with Gasteiger partial charge in [0.25, 0.3) is 5.91 Å². The number of amides is 2. The smallest absolute Gasteiger partial charge is 0.262 e. The Bertz CT molecular complexity index is 855. The van der Waals surface area contributed by atoms with Gasteiger partial charge in [0, 0.05) is 44.0 Å². The molecule has 1 heterocycles. The molecule has 2 aromatic carbocycles. The van der Waals surface area contributed by atoms with Gasteiger partial charge in [-0.3, -0.25) is 9.59 Å². The highest BCUT2D eigenvalue weighted by Crippen LogP contribution is 2.20. The first-order chi connectivity index (χ1) is 14.9. The molecule has 166 valence electrons. The molecule has 0 atom stereocenters. The van der Waals surface area contributed by atoms with E-state index in [4.69, 9.17) is 4.74 Å². The number of hydrogen-bond donors (Lipinski definition) is 1. The summed E-state index contributed by atoms with van der Waals surface area (Å²) in [6, 6.07) is 15.6. The molecule has 1 aliphatic heterocycles. The molecule has 1 saturated heterocycles. The van der Waals surface area contributed by atoms with Gasteiger partial charge < -0.3 is 19.9 Å². The molecule has 1 aliphatic rings. The Morgan fingerprint density at radius 1 is 0.968 bits per heavy atom. The van der Waals surface area contributed by atoms with Gasteiger partial charge in [-0.05, 0) is 54.3 Å². The van der Waals surface area contributed by atoms with Crippen molar-refractivity contribution in [3.63, 3.8) is 0 Å². The van der Waals surface area contributed by atoms with E-state index in [0.29, 0.717) is 18.1 Å². The number of nitrogens with one attached hydrogen (secondary N) is 1. The summed E-state index contributed by atoms with van der Waals surface area (Å²) < 4.78 is 5.56. The number of carbonyl (C=O) groups excluding carboxylic acids is 2. The summed E-state index contributed by atoms with van der Waals surface area (Å²) in [5.41, 5.74) is 3.08. The summed E-state index contributed by atoms with van der Waals surface area (Å²) in [6.07, 6.45) is 1.59. The van der Waals surface area contributed by atoms with Gasteiger partial charge in [0.1, 0.15) is 5.75 Å². The standard InChI is InChI=1S/C25H33N3O3/c1-4-20-5-11-23(12-6-20)31-18-24(29)26-21-7-9-22(10-8-21)27-13-15-28(16-14-27)25(30)17-19(2)3/h5-12,19H,4,13-18H2,1-3H3,(H,26,29). The zero-order valence-electron chi connectivity index (χ0n) is 18.8. The van der Waals surface area contributed by atoms with Crippen LogP contribution in [0.15, 0.2) is 48.5 Å². The quantitative estimate of drug-likeness (QED) is 0.698. The average Bonchev–Trinajstić information content (AvgIpc) is 2.78. The third-order valence-corrected chi connectivity index (χ3v) is 5.43. The third kappa shape index (κ3) is 6.74. The van der Waals surface area contributed by atoms with E-state index in [1.54, 1.807) is 0 Å². The number of nitrogens with zero attached hydrogens (tertiary/aromatic N) is 2. The normalized spacial score (nSPS) is 13.9. The van der Waals surface area contributed by atoms with Crippen LogP contribution in [0.2, 0.25) is 0 Å². The number of ether oxygens (including phenoxy) is 1. The topological polar surface area (TPSA) is 61.9 Å². The zero-order valence-corrected chi connectivity index (χ0v) is 18.8. The lowest BCUT2D eigenvalue weighted by molar-refractivity contribution is -0.132. The lowest BCUT2D eigenvalue weighted by Gasteiger charge is -2.36. The zero-order chi connectivity index (χ0) is 22.2. The molecule has 0 saturated carbocycles. The molecule has 2 amide bonds. The van der Waals surface area contributed by atoms with E-state index in [1.807, 2.05) is 53.4 Å². The molecule has 3 rings (SSSR count). The SMILES string of the molecule is CCc1ccc(OCC(=O)Nc2ccc(N3CCN(C(=O)CC(C)C)CC3)cc2)cc1. The number of piperazine rings is 1. The van der Waals surface area contributed by atoms with Crippen molar-refractivity contribution in [1.82, 2.24) is 4.90 Å². The highest BCUT2D eigenvalue weighted by molar-refractivity contribution is 5.92. The predicted octanol–water partition coefficient (Wildman–Crippen LogP) is 3.96. The molecule has 6 nitrogen and oxygen atoms in total. The van der Waals surface area contributed by atoms with Crippen LogP contribution >= 0.6 is 0 Å². The average molecular weight is 424 g/mol. The second-order valence-corrected chi connectivity index (χ2v) is 8.35. The van der Waals surface area contributed by atoms with Crippen LogP contribution in [0.3, 0.4) is 0 Å². The molecule has 0 aliphatic carbocycles. The lowest BCUT2D eigenvalue weighted by Crippen LogP contribution is -2.49. The van der Waals surface area contributed by atoms with E-state index in [9.17, 15) is 9.59 Å². The molecule has 0 bridgehead atoms. The highest BCUT2D eigenvalue weighted by Gasteiger charge is 2.21. The monoisotopic (exact) mass is 423 g/mol. The summed E-state index contributed by atoms with van der Waals surface area (Å²) in [7, 11) is 0. The number of benzene rings is 2. The van der Waals surface area contributed by atoms with E-state index >= 15 is 0 Å². The minimum atomic E-state index is -0.190. The Labute approximate surface area is 185 Å². The molecule has 1 fully saturated rings. The van der Waals surface area contributed by atoms with Crippen molar-refractivity contribution >= 4 is 23.2 Å². The Kier molecular flexibility index (Phi) is 7.93. The Hall–Kier alpha value is -3.02. The molecule has 31 heavy (non-hydrogen) atoms. The van der Waals surface area contributed by atoms with Crippen molar-refractivity contribution in [2.75, 3.05) is 43.0 Å². The van der Waals surface area contributed by atoms with Gasteiger partial charge in [-0.25, -0.2) is 0 Å². The molecule has 0 spiro atoms. The van der Waals surface area contributed by atoms with Crippen LogP contribution in [-0.2, 0) is 16.0 Å². The van der Waals surface area contributed by atoms with Crippen molar-refractivity contribution < 1.29 is 14.3 Å². The van der Waals surface area contributed by atoms with E-state index < -0.39 is 0 Å². The maximum absolute atomic E-state index is 12.2. The van der Waals surface area contributed by atoms with Gasteiger partial charge in [0.05, 0.1) is 0 Å². The van der Waals surface area contributed by atoms with E-state index in [2.05, 4.69) is 31.0 Å². The number of rotatable bonds is 8. The van der Waals surface area contributed by atoms with Crippen molar-refractivity contribution in [1.29, 1.82) is 0 Å². The van der Waals surface area contributed by atoms with Crippen LogP contribution in [0.4, 0.5) is 11.4 Å². The second kappa shape index (κ2) is 10.8. The molecular weight excluding hydrogens is 390 g/mol. The van der Waals surface area contributed by atoms with Crippen molar-refractivity contribution in [3.8, 4) is 5.75 Å². The van der Waals surface area contributed by atoms with Crippen LogP contribution in [-0.4, -0.2) is 49.5 Å². The maximum atomic E-state index is 12.2. The molecule has 2 aromatic rings. The number of carbonyl (C=O) groups is 2. The maximum Gasteiger partial charge on any atom is 0.262 e. The van der Waals surface area contributed by atoms with Crippen molar-refractivity contribution in [3.05, 3.63) is 54.1 Å². The van der Waals surface area contributed by atoms with Gasteiger partial charge in [0.2, 0.25) is 5.91 Å². The van der Waals surface area contributed by atoms with Gasteiger partial charge in [-0.15, -0.1) is 0 Å². The van der Waals surface area contributed by atoms with Crippen LogP contribution in [0.5, 0.6) is 5.75 Å². The second-order valence-electron chi connectivity index (χ2n) is 8.35. The Balaban J connectivity index is 1.44. The third-order valence-electron chi connectivity index (χ3n) is 5.43. The molecule has 1 N–H and O–H groups in total. The largest absolute Gasteiger partial charge is 0.484 e. The van der Waals surface area contributed by atoms with Gasteiger partial charge in [0.15, 0.2) is 6.61 Å². The number of hydrogen-bond acceptors (Lipinski definition) is 4. The Morgan fingerprint density at radius 3 is 2.19 bits per heavy atom. The van der Waals surface area contributed by atoms with E-state index in [0.717, 1.165) is 44.0 Å². The molecule has 6 heteroatoms.